The summed E-state index contributed by atoms with van der Waals surface area (Å²) in [5, 5.41) is 19.5. The molecule has 1 aromatic carbocycles. The van der Waals surface area contributed by atoms with Crippen LogP contribution in [0.15, 0.2) is 52.0 Å². The number of nitro groups is 1. The van der Waals surface area contributed by atoms with Gasteiger partial charge in [0.15, 0.2) is 0 Å². The van der Waals surface area contributed by atoms with Gasteiger partial charge in [-0.2, -0.15) is 4.72 Å². The Kier molecular flexibility index (Phi) is 4.77. The van der Waals surface area contributed by atoms with E-state index in [1.54, 1.807) is 0 Å². The summed E-state index contributed by atoms with van der Waals surface area (Å²) < 4.78 is 31.8. The van der Waals surface area contributed by atoms with Gasteiger partial charge < -0.3 is 9.52 Å². The van der Waals surface area contributed by atoms with Crippen LogP contribution >= 0.6 is 0 Å². The molecule has 0 fully saturated rings. The van der Waals surface area contributed by atoms with Gasteiger partial charge in [0.2, 0.25) is 10.0 Å². The van der Waals surface area contributed by atoms with Crippen LogP contribution in [0.1, 0.15) is 18.2 Å². The molecule has 1 heterocycles. The largest absolute Gasteiger partial charge is 0.481 e. The standard InChI is InChI=1S/C13H12N2O7S/c16-13(17)8-11(12-2-1-7-22-12)14-23(20,21)10-5-3-9(4-6-10)15(18)19/h1-7,11,14H,8H2,(H,16,17). The number of nitro benzene ring substituents is 1. The fraction of sp³-hybridized carbons (Fsp3) is 0.154. The van der Waals surface area contributed by atoms with E-state index >= 15 is 0 Å². The number of benzene rings is 1. The number of nitrogens with one attached hydrogen (secondary N) is 1. The van der Waals surface area contributed by atoms with Crippen LogP contribution in [0, 0.1) is 10.1 Å². The summed E-state index contributed by atoms with van der Waals surface area (Å²) >= 11 is 0. The first kappa shape index (κ1) is 16.6. The van der Waals surface area contributed by atoms with E-state index in [0.717, 1.165) is 24.3 Å². The quantitative estimate of drug-likeness (QED) is 0.577. The molecule has 1 atom stereocenters. The molecule has 0 saturated heterocycles. The highest BCUT2D eigenvalue weighted by molar-refractivity contribution is 7.89. The third kappa shape index (κ3) is 4.14. The maximum atomic E-state index is 12.3. The number of aliphatic carboxylic acids is 1. The van der Waals surface area contributed by atoms with Gasteiger partial charge in [-0.15, -0.1) is 0 Å². The monoisotopic (exact) mass is 340 g/mol. The molecule has 0 aliphatic heterocycles. The van der Waals surface area contributed by atoms with Gasteiger partial charge >= 0.3 is 5.97 Å². The molecule has 0 bridgehead atoms. The van der Waals surface area contributed by atoms with Gasteiger partial charge in [0.05, 0.1) is 28.5 Å². The molecule has 0 aliphatic carbocycles. The second-order valence-corrected chi connectivity index (χ2v) is 6.25. The number of non-ortho nitro benzene ring substituents is 1. The molecule has 1 aromatic heterocycles. The summed E-state index contributed by atoms with van der Waals surface area (Å²) in [6, 6.07) is 6.10. The molecule has 0 spiro atoms. The maximum Gasteiger partial charge on any atom is 0.305 e. The van der Waals surface area contributed by atoms with Crippen molar-refractivity contribution >= 4 is 21.7 Å². The van der Waals surface area contributed by atoms with E-state index in [0.29, 0.717) is 0 Å². The molecular weight excluding hydrogens is 328 g/mol. The lowest BCUT2D eigenvalue weighted by atomic mass is 10.2. The minimum absolute atomic E-state index is 0.151. The van der Waals surface area contributed by atoms with Crippen LogP contribution in [-0.2, 0) is 14.8 Å². The summed E-state index contributed by atoms with van der Waals surface area (Å²) in [5.74, 6) is -1.06. The Hall–Kier alpha value is -2.72. The van der Waals surface area contributed by atoms with Crippen LogP contribution < -0.4 is 4.72 Å². The zero-order valence-corrected chi connectivity index (χ0v) is 12.4. The van der Waals surface area contributed by atoms with Crippen molar-refractivity contribution in [1.29, 1.82) is 0 Å². The van der Waals surface area contributed by atoms with Crippen molar-refractivity contribution in [2.45, 2.75) is 17.4 Å². The van der Waals surface area contributed by atoms with Crippen molar-refractivity contribution in [3.63, 3.8) is 0 Å². The van der Waals surface area contributed by atoms with Crippen LogP contribution in [0.25, 0.3) is 0 Å². The van der Waals surface area contributed by atoms with Crippen LogP contribution in [0.4, 0.5) is 5.69 Å². The Morgan fingerprint density at radius 3 is 2.43 bits per heavy atom. The van der Waals surface area contributed by atoms with Crippen molar-refractivity contribution in [2.75, 3.05) is 0 Å². The van der Waals surface area contributed by atoms with Crippen molar-refractivity contribution in [1.82, 2.24) is 4.72 Å². The first-order chi connectivity index (χ1) is 10.8. The Balaban J connectivity index is 2.27. The van der Waals surface area contributed by atoms with Crippen molar-refractivity contribution in [3.05, 3.63) is 58.5 Å². The van der Waals surface area contributed by atoms with Gasteiger partial charge in [-0.3, -0.25) is 14.9 Å². The lowest BCUT2D eigenvalue weighted by molar-refractivity contribution is -0.384. The summed E-state index contributed by atoms with van der Waals surface area (Å²) in [6.45, 7) is 0. The number of sulfonamides is 1. The first-order valence-corrected chi connectivity index (χ1v) is 7.80. The van der Waals surface area contributed by atoms with E-state index in [1.165, 1.54) is 18.4 Å². The molecule has 9 nitrogen and oxygen atoms in total. The summed E-state index contributed by atoms with van der Waals surface area (Å²) in [5.41, 5.74) is -0.253. The zero-order valence-electron chi connectivity index (χ0n) is 11.6. The van der Waals surface area contributed by atoms with Crippen LogP contribution in [0.3, 0.4) is 0 Å². The minimum atomic E-state index is -4.07. The molecule has 10 heteroatoms. The van der Waals surface area contributed by atoms with E-state index in [2.05, 4.69) is 4.72 Å². The second-order valence-electron chi connectivity index (χ2n) is 4.54. The highest BCUT2D eigenvalue weighted by Gasteiger charge is 2.25. The predicted molar refractivity (Wildman–Crippen MR) is 77.1 cm³/mol. The van der Waals surface area contributed by atoms with Gasteiger partial charge in [0, 0.05) is 12.1 Å². The van der Waals surface area contributed by atoms with Gasteiger partial charge in [-0.1, -0.05) is 0 Å². The highest BCUT2D eigenvalue weighted by atomic mass is 32.2. The number of carbonyl (C=O) groups is 1. The van der Waals surface area contributed by atoms with E-state index in [9.17, 15) is 23.3 Å². The van der Waals surface area contributed by atoms with Crippen LogP contribution in [0.2, 0.25) is 0 Å². The van der Waals surface area contributed by atoms with E-state index in [-0.39, 0.29) is 16.3 Å². The third-order valence-electron chi connectivity index (χ3n) is 2.92. The Bertz CT molecular complexity index is 797. The van der Waals surface area contributed by atoms with E-state index in [4.69, 9.17) is 9.52 Å². The SMILES string of the molecule is O=C(O)CC(NS(=O)(=O)c1ccc([N+](=O)[O-])cc1)c1ccco1. The molecule has 2 N–H and O–H groups in total. The number of furan rings is 1. The molecule has 0 amide bonds. The number of carboxylic acid groups (broad SMARTS) is 1. The van der Waals surface area contributed by atoms with E-state index < -0.39 is 33.4 Å². The topological polar surface area (TPSA) is 140 Å². The van der Waals surface area contributed by atoms with E-state index in [1.807, 2.05) is 0 Å². The zero-order chi connectivity index (χ0) is 17.0. The third-order valence-corrected chi connectivity index (χ3v) is 4.41. The van der Waals surface area contributed by atoms with Crippen molar-refractivity contribution in [2.24, 2.45) is 0 Å². The van der Waals surface area contributed by atoms with Gasteiger partial charge in [-0.25, -0.2) is 8.42 Å². The van der Waals surface area contributed by atoms with Gasteiger partial charge in [0.1, 0.15) is 5.76 Å². The highest BCUT2D eigenvalue weighted by Crippen LogP contribution is 2.22. The lowest BCUT2D eigenvalue weighted by Crippen LogP contribution is -2.30. The minimum Gasteiger partial charge on any atom is -0.481 e. The molecular formula is C13H12N2O7S. The average molecular weight is 340 g/mol. The Morgan fingerprint density at radius 1 is 1.30 bits per heavy atom. The van der Waals surface area contributed by atoms with Crippen molar-refractivity contribution < 1.29 is 27.7 Å². The Morgan fingerprint density at radius 2 is 1.96 bits per heavy atom. The smallest absolute Gasteiger partial charge is 0.305 e. The molecule has 0 saturated carbocycles. The van der Waals surface area contributed by atoms with Crippen LogP contribution in [0.5, 0.6) is 0 Å². The average Bonchev–Trinajstić information content (AvgIpc) is 3.00. The number of rotatable bonds is 7. The van der Waals surface area contributed by atoms with Gasteiger partial charge in [0.25, 0.3) is 5.69 Å². The molecule has 1 unspecified atom stereocenters. The van der Waals surface area contributed by atoms with Crippen LogP contribution in [-0.4, -0.2) is 24.4 Å². The lowest BCUT2D eigenvalue weighted by Gasteiger charge is -2.14. The maximum absolute atomic E-state index is 12.3. The number of carboxylic acids is 1. The summed E-state index contributed by atoms with van der Waals surface area (Å²) in [7, 11) is -4.07. The number of nitrogens with zero attached hydrogens (tertiary/aromatic N) is 1. The molecule has 2 aromatic rings. The number of hydrogen-bond donors (Lipinski definition) is 2. The molecule has 122 valence electrons. The first-order valence-electron chi connectivity index (χ1n) is 6.31. The Labute approximate surface area is 130 Å². The summed E-state index contributed by atoms with van der Waals surface area (Å²) in [4.78, 5) is 20.6. The fourth-order valence-corrected chi connectivity index (χ4v) is 3.07. The molecule has 0 aliphatic rings. The van der Waals surface area contributed by atoms with Crippen molar-refractivity contribution in [3.8, 4) is 0 Å². The predicted octanol–water partition coefficient (Wildman–Crippen LogP) is 1.68. The second kappa shape index (κ2) is 6.58. The molecule has 23 heavy (non-hydrogen) atoms. The number of hydrogen-bond acceptors (Lipinski definition) is 6. The molecule has 0 radical (unpaired) electrons. The molecule has 2 rings (SSSR count). The fourth-order valence-electron chi connectivity index (χ4n) is 1.87. The summed E-state index contributed by atoms with van der Waals surface area (Å²) in [6.07, 6.45) is 0.782. The van der Waals surface area contributed by atoms with Gasteiger partial charge in [-0.05, 0) is 24.3 Å². The normalized spacial score (nSPS) is 12.7.